The highest BCUT2D eigenvalue weighted by molar-refractivity contribution is 6.28. The molecule has 1 fully saturated rings. The summed E-state index contributed by atoms with van der Waals surface area (Å²) in [4.78, 5) is 28.7. The zero-order valence-corrected chi connectivity index (χ0v) is 13.4. The molecule has 2 atom stereocenters. The first-order valence-corrected chi connectivity index (χ1v) is 8.34. The molecule has 0 saturated carbocycles. The van der Waals surface area contributed by atoms with Gasteiger partial charge in [0.15, 0.2) is 17.1 Å². The summed E-state index contributed by atoms with van der Waals surface area (Å²) >= 11 is 0. The molecule has 2 unspecified atom stereocenters. The van der Waals surface area contributed by atoms with Crippen LogP contribution in [0.3, 0.4) is 0 Å². The first-order valence-electron chi connectivity index (χ1n) is 8.34. The number of hydrogen-bond acceptors (Lipinski definition) is 3. The van der Waals surface area contributed by atoms with Gasteiger partial charge in [-0.15, -0.1) is 0 Å². The summed E-state index contributed by atoms with van der Waals surface area (Å²) in [5, 5.41) is 0. The second-order valence-corrected chi connectivity index (χ2v) is 6.48. The highest BCUT2D eigenvalue weighted by Crippen LogP contribution is 2.58. The molecule has 0 radical (unpaired) electrons. The van der Waals surface area contributed by atoms with Crippen LogP contribution in [-0.2, 0) is 5.54 Å². The molecule has 1 aliphatic carbocycles. The molecule has 3 aromatic carbocycles. The molecule has 1 saturated heterocycles. The van der Waals surface area contributed by atoms with Gasteiger partial charge < -0.3 is 4.90 Å². The Balaban J connectivity index is 1.77. The van der Waals surface area contributed by atoms with Gasteiger partial charge in [-0.3, -0.25) is 9.59 Å². The van der Waals surface area contributed by atoms with Crippen molar-refractivity contribution in [2.24, 2.45) is 0 Å². The minimum absolute atomic E-state index is 0.00255. The van der Waals surface area contributed by atoms with Gasteiger partial charge in [0.25, 0.3) is 0 Å². The lowest BCUT2D eigenvalue weighted by Crippen LogP contribution is -2.35. The molecule has 120 valence electrons. The van der Waals surface area contributed by atoms with Crippen LogP contribution in [0.1, 0.15) is 26.3 Å². The molecule has 0 aromatic heterocycles. The number of hydrogen-bond donors (Lipinski definition) is 0. The normalized spacial score (nSPS) is 23.8. The number of para-hydroxylation sites is 1. The van der Waals surface area contributed by atoms with Gasteiger partial charge in [0, 0.05) is 16.8 Å². The third kappa shape index (κ3) is 1.70. The lowest BCUT2D eigenvalue weighted by molar-refractivity contribution is 0.0881. The Hall–Kier alpha value is -3.20. The number of nitrogens with zero attached hydrogens (tertiary/aromatic N) is 1. The minimum Gasteiger partial charge on any atom is -0.339 e. The summed E-state index contributed by atoms with van der Waals surface area (Å²) in [5.41, 5.74) is 1.89. The van der Waals surface area contributed by atoms with E-state index >= 15 is 0 Å². The maximum Gasteiger partial charge on any atom is 0.196 e. The van der Waals surface area contributed by atoms with E-state index in [4.69, 9.17) is 0 Å². The average Bonchev–Trinajstić information content (AvgIpc) is 3.39. The molecular weight excluding hydrogens is 310 g/mol. The zero-order valence-electron chi connectivity index (χ0n) is 13.4. The van der Waals surface area contributed by atoms with Crippen molar-refractivity contribution in [2.45, 2.75) is 11.6 Å². The number of Topliss-reactive ketones (excluding diaryl/α,β-unsaturated/α-hetero) is 2. The standard InChI is InChI=1S/C22H15NO2/c24-19-17-13-7-8-14-18(17)21(25)22(15-9-3-1-4-10-15)20(19)23(22)16-11-5-2-6-12-16/h1-14,20H. The van der Waals surface area contributed by atoms with Crippen molar-refractivity contribution in [1.82, 2.24) is 0 Å². The van der Waals surface area contributed by atoms with Gasteiger partial charge in [-0.1, -0.05) is 72.8 Å². The maximum absolute atomic E-state index is 13.5. The van der Waals surface area contributed by atoms with E-state index < -0.39 is 11.6 Å². The molecular formula is C22H15NO2. The number of benzene rings is 3. The molecule has 3 heteroatoms. The maximum atomic E-state index is 13.5. The Kier molecular flexibility index (Phi) is 2.78. The van der Waals surface area contributed by atoms with Crippen molar-refractivity contribution < 1.29 is 9.59 Å². The van der Waals surface area contributed by atoms with E-state index in [1.165, 1.54) is 0 Å². The van der Waals surface area contributed by atoms with E-state index in [2.05, 4.69) is 0 Å². The fraction of sp³-hybridized carbons (Fsp3) is 0.0909. The van der Waals surface area contributed by atoms with Gasteiger partial charge >= 0.3 is 0 Å². The Morgan fingerprint density at radius 3 is 1.92 bits per heavy atom. The molecule has 0 amide bonds. The van der Waals surface area contributed by atoms with Crippen LogP contribution in [0.5, 0.6) is 0 Å². The first kappa shape index (κ1) is 14.2. The molecule has 1 aliphatic heterocycles. The molecule has 0 spiro atoms. The van der Waals surface area contributed by atoms with E-state index in [0.717, 1.165) is 11.3 Å². The van der Waals surface area contributed by atoms with Crippen LogP contribution in [0.4, 0.5) is 5.69 Å². The van der Waals surface area contributed by atoms with Gasteiger partial charge in [0.2, 0.25) is 0 Å². The smallest absolute Gasteiger partial charge is 0.196 e. The Labute approximate surface area is 145 Å². The number of ketones is 2. The summed E-state index contributed by atoms with van der Waals surface area (Å²) in [6.45, 7) is 0. The predicted octanol–water partition coefficient (Wildman–Crippen LogP) is 3.85. The van der Waals surface area contributed by atoms with Crippen LogP contribution >= 0.6 is 0 Å². The largest absolute Gasteiger partial charge is 0.339 e. The van der Waals surface area contributed by atoms with Crippen molar-refractivity contribution in [1.29, 1.82) is 0 Å². The molecule has 3 aromatic rings. The highest BCUT2D eigenvalue weighted by Gasteiger charge is 2.74. The van der Waals surface area contributed by atoms with E-state index in [9.17, 15) is 9.59 Å². The first-order chi connectivity index (χ1) is 12.3. The molecule has 0 N–H and O–H groups in total. The third-order valence-corrected chi connectivity index (χ3v) is 5.25. The predicted molar refractivity (Wildman–Crippen MR) is 95.9 cm³/mol. The number of carbonyl (C=O) groups is 2. The van der Waals surface area contributed by atoms with Gasteiger partial charge in [-0.05, 0) is 17.7 Å². The van der Waals surface area contributed by atoms with Gasteiger partial charge in [0.05, 0.1) is 0 Å². The number of rotatable bonds is 2. The van der Waals surface area contributed by atoms with E-state index in [1.54, 1.807) is 12.1 Å². The van der Waals surface area contributed by atoms with E-state index in [0.29, 0.717) is 11.1 Å². The van der Waals surface area contributed by atoms with E-state index in [-0.39, 0.29) is 11.6 Å². The fourth-order valence-corrected chi connectivity index (χ4v) is 4.14. The van der Waals surface area contributed by atoms with Crippen LogP contribution in [0.25, 0.3) is 0 Å². The van der Waals surface area contributed by atoms with Crippen LogP contribution in [-0.4, -0.2) is 17.6 Å². The summed E-state index contributed by atoms with van der Waals surface area (Å²) in [5.74, 6) is 0.0191. The summed E-state index contributed by atoms with van der Waals surface area (Å²) < 4.78 is 0. The number of anilines is 1. The molecule has 0 bridgehead atoms. The summed E-state index contributed by atoms with van der Waals surface area (Å²) in [6.07, 6.45) is 0. The summed E-state index contributed by atoms with van der Waals surface area (Å²) in [6, 6.07) is 26.0. The average molecular weight is 325 g/mol. The van der Waals surface area contributed by atoms with Crippen molar-refractivity contribution >= 4 is 17.3 Å². The third-order valence-electron chi connectivity index (χ3n) is 5.25. The lowest BCUT2D eigenvalue weighted by Gasteiger charge is -2.21. The Morgan fingerprint density at radius 2 is 1.24 bits per heavy atom. The van der Waals surface area contributed by atoms with Crippen molar-refractivity contribution in [2.75, 3.05) is 4.90 Å². The van der Waals surface area contributed by atoms with Crippen LogP contribution in [0.2, 0.25) is 0 Å². The number of fused-ring (bicyclic) bond motifs is 2. The highest BCUT2D eigenvalue weighted by atomic mass is 16.2. The monoisotopic (exact) mass is 325 g/mol. The molecule has 5 rings (SSSR count). The number of carbonyl (C=O) groups excluding carboxylic acids is 2. The van der Waals surface area contributed by atoms with Crippen LogP contribution in [0, 0.1) is 0 Å². The fourth-order valence-electron chi connectivity index (χ4n) is 4.14. The second kappa shape index (κ2) is 4.90. The topological polar surface area (TPSA) is 37.1 Å². The van der Waals surface area contributed by atoms with Crippen molar-refractivity contribution in [3.05, 3.63) is 102 Å². The van der Waals surface area contributed by atoms with Crippen LogP contribution < -0.4 is 4.90 Å². The molecule has 3 nitrogen and oxygen atoms in total. The summed E-state index contributed by atoms with van der Waals surface area (Å²) in [7, 11) is 0. The Bertz CT molecular complexity index is 997. The van der Waals surface area contributed by atoms with Gasteiger partial charge in [-0.2, -0.15) is 0 Å². The van der Waals surface area contributed by atoms with Crippen molar-refractivity contribution in [3.8, 4) is 0 Å². The SMILES string of the molecule is O=C1c2ccccc2C(=O)C2(c3ccccc3)C1N2c1ccccc1. The van der Waals surface area contributed by atoms with Crippen molar-refractivity contribution in [3.63, 3.8) is 0 Å². The second-order valence-electron chi connectivity index (χ2n) is 6.48. The van der Waals surface area contributed by atoms with Crippen LogP contribution in [0.15, 0.2) is 84.9 Å². The van der Waals surface area contributed by atoms with Gasteiger partial charge in [-0.25, -0.2) is 0 Å². The van der Waals surface area contributed by atoms with Gasteiger partial charge in [0.1, 0.15) is 6.04 Å². The molecule has 25 heavy (non-hydrogen) atoms. The lowest BCUT2D eigenvalue weighted by atomic mass is 9.78. The molecule has 1 heterocycles. The van der Waals surface area contributed by atoms with E-state index in [1.807, 2.05) is 77.7 Å². The quantitative estimate of drug-likeness (QED) is 0.672. The Morgan fingerprint density at radius 1 is 0.680 bits per heavy atom. The zero-order chi connectivity index (χ0) is 17.0. The minimum atomic E-state index is -0.923. The molecule has 2 aliphatic rings.